The van der Waals surface area contributed by atoms with E-state index in [0.717, 1.165) is 6.42 Å². The van der Waals surface area contributed by atoms with Crippen molar-refractivity contribution in [2.24, 2.45) is 5.92 Å². The molecule has 1 heterocycles. The van der Waals surface area contributed by atoms with Crippen LogP contribution in [-0.2, 0) is 0 Å². The number of benzene rings is 1. The van der Waals surface area contributed by atoms with E-state index in [1.54, 1.807) is 0 Å². The van der Waals surface area contributed by atoms with Crippen LogP contribution in [0.15, 0.2) is 12.1 Å². The Hall–Kier alpha value is -1.57. The average molecular weight is 363 g/mol. The van der Waals surface area contributed by atoms with Crippen LogP contribution in [0.5, 0.6) is 0 Å². The number of alkyl halides is 1. The molecular weight excluding hydrogens is 350 g/mol. The number of carbonyl (C=O) groups is 1. The van der Waals surface area contributed by atoms with E-state index in [-0.39, 0.29) is 4.83 Å². The molecule has 1 amide bonds. The third-order valence-electron chi connectivity index (χ3n) is 3.62. The van der Waals surface area contributed by atoms with Crippen LogP contribution in [0.2, 0.25) is 0 Å². The predicted octanol–water partition coefficient (Wildman–Crippen LogP) is 3.12. The summed E-state index contributed by atoms with van der Waals surface area (Å²) < 4.78 is 26.4. The van der Waals surface area contributed by atoms with Crippen LogP contribution in [0.3, 0.4) is 0 Å². The first kappa shape index (κ1) is 15.8. The molecular formula is C13H13BrF2N2O3. The molecule has 1 fully saturated rings. The highest BCUT2D eigenvalue weighted by Gasteiger charge is 2.32. The summed E-state index contributed by atoms with van der Waals surface area (Å²) in [5, 5.41) is 10.9. The van der Waals surface area contributed by atoms with Gasteiger partial charge < -0.3 is 4.90 Å². The topological polar surface area (TPSA) is 63.5 Å². The lowest BCUT2D eigenvalue weighted by Crippen LogP contribution is -2.43. The molecule has 8 heteroatoms. The van der Waals surface area contributed by atoms with Crippen molar-refractivity contribution in [3.05, 3.63) is 39.4 Å². The number of likely N-dealkylation sites (tertiary alicyclic amines) is 1. The van der Waals surface area contributed by atoms with Crippen LogP contribution in [0.1, 0.15) is 23.7 Å². The lowest BCUT2D eigenvalue weighted by molar-refractivity contribution is -0.385. The van der Waals surface area contributed by atoms with E-state index in [1.807, 2.05) is 6.92 Å². The summed E-state index contributed by atoms with van der Waals surface area (Å²) in [4.78, 5) is 23.9. The van der Waals surface area contributed by atoms with E-state index in [2.05, 4.69) is 15.9 Å². The Morgan fingerprint density at radius 2 is 2.05 bits per heavy atom. The Morgan fingerprint density at radius 3 is 2.62 bits per heavy atom. The van der Waals surface area contributed by atoms with Gasteiger partial charge in [0, 0.05) is 17.9 Å². The Kier molecular flexibility index (Phi) is 4.55. The number of nitro groups is 1. The fraction of sp³-hybridized carbons (Fsp3) is 0.462. The first-order chi connectivity index (χ1) is 9.81. The van der Waals surface area contributed by atoms with Gasteiger partial charge in [0.15, 0.2) is 11.6 Å². The van der Waals surface area contributed by atoms with Gasteiger partial charge in [-0.3, -0.25) is 14.9 Å². The van der Waals surface area contributed by atoms with E-state index in [1.165, 1.54) is 4.90 Å². The molecule has 1 saturated heterocycles. The van der Waals surface area contributed by atoms with Crippen LogP contribution in [0.4, 0.5) is 14.5 Å². The molecule has 0 saturated carbocycles. The van der Waals surface area contributed by atoms with E-state index in [9.17, 15) is 23.7 Å². The predicted molar refractivity (Wildman–Crippen MR) is 75.4 cm³/mol. The Morgan fingerprint density at radius 1 is 1.43 bits per heavy atom. The third-order valence-corrected chi connectivity index (χ3v) is 4.81. The van der Waals surface area contributed by atoms with E-state index in [4.69, 9.17) is 0 Å². The summed E-state index contributed by atoms with van der Waals surface area (Å²) in [5.41, 5.74) is -1.14. The maximum absolute atomic E-state index is 13.3. The number of piperidine rings is 1. The number of hydrogen-bond donors (Lipinski definition) is 0. The SMILES string of the molecule is CC1CCN(C(=O)c2cc(F)c(F)cc2[N+](=O)[O-])CC1Br. The molecule has 1 aromatic carbocycles. The molecule has 5 nitrogen and oxygen atoms in total. The van der Waals surface area contributed by atoms with Gasteiger partial charge in [0.2, 0.25) is 0 Å². The van der Waals surface area contributed by atoms with Crippen LogP contribution in [0, 0.1) is 27.7 Å². The fourth-order valence-electron chi connectivity index (χ4n) is 2.24. The van der Waals surface area contributed by atoms with Gasteiger partial charge in [-0.15, -0.1) is 0 Å². The molecule has 0 bridgehead atoms. The largest absolute Gasteiger partial charge is 0.337 e. The maximum Gasteiger partial charge on any atom is 0.285 e. The summed E-state index contributed by atoms with van der Waals surface area (Å²) in [6.45, 7) is 2.83. The monoisotopic (exact) mass is 362 g/mol. The summed E-state index contributed by atoms with van der Waals surface area (Å²) in [7, 11) is 0. The minimum absolute atomic E-state index is 0.0690. The molecule has 1 aliphatic rings. The number of carbonyl (C=O) groups excluding carboxylic acids is 1. The van der Waals surface area contributed by atoms with Gasteiger partial charge in [0.25, 0.3) is 11.6 Å². The molecule has 0 aliphatic carbocycles. The van der Waals surface area contributed by atoms with Crippen LogP contribution in [-0.4, -0.2) is 33.6 Å². The molecule has 21 heavy (non-hydrogen) atoms. The molecule has 2 unspecified atom stereocenters. The van der Waals surface area contributed by atoms with Crippen molar-refractivity contribution in [3.8, 4) is 0 Å². The van der Waals surface area contributed by atoms with Gasteiger partial charge in [-0.05, 0) is 18.4 Å². The van der Waals surface area contributed by atoms with Crippen LogP contribution >= 0.6 is 15.9 Å². The van der Waals surface area contributed by atoms with Gasteiger partial charge in [0.05, 0.1) is 11.0 Å². The Bertz CT molecular complexity index is 597. The molecule has 1 aliphatic heterocycles. The Balaban J connectivity index is 2.35. The van der Waals surface area contributed by atoms with E-state index < -0.39 is 33.7 Å². The summed E-state index contributed by atoms with van der Waals surface area (Å²) in [5.74, 6) is -2.90. The van der Waals surface area contributed by atoms with Gasteiger partial charge in [-0.2, -0.15) is 0 Å². The maximum atomic E-state index is 13.3. The summed E-state index contributed by atoms with van der Waals surface area (Å²) >= 11 is 3.45. The first-order valence-corrected chi connectivity index (χ1v) is 7.29. The number of rotatable bonds is 2. The van der Waals surface area contributed by atoms with E-state index in [0.29, 0.717) is 31.1 Å². The zero-order valence-corrected chi connectivity index (χ0v) is 12.8. The second-order valence-electron chi connectivity index (χ2n) is 5.07. The Labute approximate surface area is 128 Å². The number of hydrogen-bond acceptors (Lipinski definition) is 3. The number of nitrogens with zero attached hydrogens (tertiary/aromatic N) is 2. The molecule has 2 atom stereocenters. The van der Waals surface area contributed by atoms with Crippen LogP contribution in [0.25, 0.3) is 0 Å². The molecule has 2 rings (SSSR count). The zero-order chi connectivity index (χ0) is 15.7. The van der Waals surface area contributed by atoms with Gasteiger partial charge in [-0.1, -0.05) is 22.9 Å². The number of halogens is 3. The van der Waals surface area contributed by atoms with Crippen molar-refractivity contribution in [3.63, 3.8) is 0 Å². The minimum Gasteiger partial charge on any atom is -0.337 e. The highest BCUT2D eigenvalue weighted by molar-refractivity contribution is 9.09. The lowest BCUT2D eigenvalue weighted by Gasteiger charge is -2.34. The molecule has 0 aromatic heterocycles. The first-order valence-electron chi connectivity index (χ1n) is 6.38. The van der Waals surface area contributed by atoms with Gasteiger partial charge in [0.1, 0.15) is 5.56 Å². The highest BCUT2D eigenvalue weighted by Crippen LogP contribution is 2.28. The van der Waals surface area contributed by atoms with Crippen molar-refractivity contribution < 1.29 is 18.5 Å². The standard InChI is InChI=1S/C13H13BrF2N2O3/c1-7-2-3-17(6-9(7)14)13(19)8-4-10(15)11(16)5-12(8)18(20)21/h4-5,7,9H,2-3,6H2,1H3. The normalized spacial score (nSPS) is 22.2. The van der Waals surface area contributed by atoms with Crippen LogP contribution < -0.4 is 0 Å². The van der Waals surface area contributed by atoms with Crippen molar-refractivity contribution in [2.75, 3.05) is 13.1 Å². The molecule has 114 valence electrons. The number of nitro benzene ring substituents is 1. The molecule has 0 spiro atoms. The van der Waals surface area contributed by atoms with Crippen molar-refractivity contribution in [1.82, 2.24) is 4.90 Å². The second kappa shape index (κ2) is 6.05. The van der Waals surface area contributed by atoms with Gasteiger partial charge >= 0.3 is 0 Å². The highest BCUT2D eigenvalue weighted by atomic mass is 79.9. The van der Waals surface area contributed by atoms with Crippen molar-refractivity contribution >= 4 is 27.5 Å². The van der Waals surface area contributed by atoms with Crippen molar-refractivity contribution in [1.29, 1.82) is 0 Å². The smallest absolute Gasteiger partial charge is 0.285 e. The summed E-state index contributed by atoms with van der Waals surface area (Å²) in [6.07, 6.45) is 0.735. The molecule has 0 radical (unpaired) electrons. The molecule has 1 aromatic rings. The number of amides is 1. The molecule has 0 N–H and O–H groups in total. The zero-order valence-electron chi connectivity index (χ0n) is 11.2. The quantitative estimate of drug-likeness (QED) is 0.461. The third kappa shape index (κ3) is 3.20. The van der Waals surface area contributed by atoms with Gasteiger partial charge in [-0.25, -0.2) is 8.78 Å². The summed E-state index contributed by atoms with van der Waals surface area (Å²) in [6, 6.07) is 1.04. The minimum atomic E-state index is -1.34. The van der Waals surface area contributed by atoms with Crippen molar-refractivity contribution in [2.45, 2.75) is 18.2 Å². The fourth-order valence-corrected chi connectivity index (χ4v) is 2.85. The second-order valence-corrected chi connectivity index (χ2v) is 6.25. The average Bonchev–Trinajstić information content (AvgIpc) is 2.43. The van der Waals surface area contributed by atoms with E-state index >= 15 is 0 Å². The lowest BCUT2D eigenvalue weighted by atomic mass is 9.98.